The Labute approximate surface area is 167 Å². The van der Waals surface area contributed by atoms with Crippen molar-refractivity contribution in [1.29, 1.82) is 0 Å². The summed E-state index contributed by atoms with van der Waals surface area (Å²) in [6.45, 7) is 0.723. The van der Waals surface area contributed by atoms with Gasteiger partial charge >= 0.3 is 0 Å². The molecule has 0 aromatic heterocycles. The normalized spacial score (nSPS) is 15.4. The molecule has 0 unspecified atom stereocenters. The largest absolute Gasteiger partial charge is 0.379 e. The van der Waals surface area contributed by atoms with Crippen molar-refractivity contribution in [2.24, 2.45) is 0 Å². The SMILES string of the molecule is O=C(Nc1c(F)cc(F)cc1Br)c1cc(S(=O)(=O)N2CCOCC2)ccc1F. The van der Waals surface area contributed by atoms with E-state index in [1.165, 1.54) is 4.31 Å². The Kier molecular flexibility index (Phi) is 6.08. The van der Waals surface area contributed by atoms with E-state index in [1.54, 1.807) is 0 Å². The molecule has 2 aromatic carbocycles. The van der Waals surface area contributed by atoms with Crippen LogP contribution >= 0.6 is 15.9 Å². The van der Waals surface area contributed by atoms with Gasteiger partial charge in [-0.2, -0.15) is 4.31 Å². The van der Waals surface area contributed by atoms with E-state index in [2.05, 4.69) is 21.2 Å². The average Bonchev–Trinajstić information content (AvgIpc) is 2.65. The number of halogens is 4. The Morgan fingerprint density at radius 2 is 1.75 bits per heavy atom. The van der Waals surface area contributed by atoms with Crippen LogP contribution in [0.25, 0.3) is 0 Å². The van der Waals surface area contributed by atoms with E-state index in [-0.39, 0.29) is 35.7 Å². The van der Waals surface area contributed by atoms with Crippen molar-refractivity contribution in [2.75, 3.05) is 31.6 Å². The minimum absolute atomic E-state index is 0.0872. The Morgan fingerprint density at radius 3 is 2.39 bits per heavy atom. The van der Waals surface area contributed by atoms with E-state index in [1.807, 2.05) is 0 Å². The molecular formula is C17H14BrF3N2O4S. The Hall–Kier alpha value is -1.95. The fraction of sp³-hybridized carbons (Fsp3) is 0.235. The van der Waals surface area contributed by atoms with E-state index in [9.17, 15) is 26.4 Å². The molecule has 0 radical (unpaired) electrons. The van der Waals surface area contributed by atoms with Gasteiger partial charge in [0.1, 0.15) is 11.6 Å². The first-order valence-corrected chi connectivity index (χ1v) is 10.3. The topological polar surface area (TPSA) is 75.7 Å². The smallest absolute Gasteiger partial charge is 0.258 e. The number of nitrogens with one attached hydrogen (secondary N) is 1. The van der Waals surface area contributed by atoms with Gasteiger partial charge in [-0.1, -0.05) is 0 Å². The summed E-state index contributed by atoms with van der Waals surface area (Å²) < 4.78 is 72.8. The zero-order valence-corrected chi connectivity index (χ0v) is 16.6. The highest BCUT2D eigenvalue weighted by molar-refractivity contribution is 9.10. The van der Waals surface area contributed by atoms with Gasteiger partial charge in [0, 0.05) is 23.6 Å². The van der Waals surface area contributed by atoms with Crippen molar-refractivity contribution in [3.63, 3.8) is 0 Å². The fourth-order valence-corrected chi connectivity index (χ4v) is 4.56. The van der Waals surface area contributed by atoms with Gasteiger partial charge in [-0.3, -0.25) is 4.79 Å². The molecule has 28 heavy (non-hydrogen) atoms. The summed E-state index contributed by atoms with van der Waals surface area (Å²) in [4.78, 5) is 12.1. The number of carbonyl (C=O) groups excluding carboxylic acids is 1. The fourth-order valence-electron chi connectivity index (χ4n) is 2.62. The second-order valence-electron chi connectivity index (χ2n) is 5.86. The zero-order valence-electron chi connectivity index (χ0n) is 14.2. The van der Waals surface area contributed by atoms with Crippen LogP contribution < -0.4 is 5.32 Å². The van der Waals surface area contributed by atoms with Crippen LogP contribution in [0, 0.1) is 17.5 Å². The molecule has 1 amide bonds. The number of hydrogen-bond donors (Lipinski definition) is 1. The van der Waals surface area contributed by atoms with Gasteiger partial charge < -0.3 is 10.1 Å². The Morgan fingerprint density at radius 1 is 1.07 bits per heavy atom. The third-order valence-electron chi connectivity index (χ3n) is 4.04. The molecule has 1 aliphatic heterocycles. The van der Waals surface area contributed by atoms with E-state index in [0.29, 0.717) is 6.07 Å². The van der Waals surface area contributed by atoms with Crippen molar-refractivity contribution >= 4 is 37.5 Å². The van der Waals surface area contributed by atoms with Crippen LogP contribution in [-0.4, -0.2) is 44.9 Å². The number of rotatable bonds is 4. The molecule has 1 N–H and O–H groups in total. The molecule has 0 aliphatic carbocycles. The predicted octanol–water partition coefficient (Wildman–Crippen LogP) is 3.14. The van der Waals surface area contributed by atoms with Crippen molar-refractivity contribution < 1.29 is 31.1 Å². The van der Waals surface area contributed by atoms with E-state index in [4.69, 9.17) is 4.74 Å². The molecule has 11 heteroatoms. The summed E-state index contributed by atoms with van der Waals surface area (Å²) in [7, 11) is -3.96. The van der Waals surface area contributed by atoms with Crippen LogP contribution in [0.4, 0.5) is 18.9 Å². The van der Waals surface area contributed by atoms with Crippen molar-refractivity contribution in [3.05, 3.63) is 57.8 Å². The third-order valence-corrected chi connectivity index (χ3v) is 6.56. The van der Waals surface area contributed by atoms with Gasteiger partial charge in [0.25, 0.3) is 5.91 Å². The van der Waals surface area contributed by atoms with Crippen LogP contribution in [-0.2, 0) is 14.8 Å². The molecule has 1 aliphatic rings. The first-order valence-electron chi connectivity index (χ1n) is 8.03. The maximum atomic E-state index is 14.2. The van der Waals surface area contributed by atoms with Crippen LogP contribution in [0.15, 0.2) is 39.7 Å². The van der Waals surface area contributed by atoms with Gasteiger partial charge in [0.05, 0.1) is 29.4 Å². The number of sulfonamides is 1. The van der Waals surface area contributed by atoms with Gasteiger partial charge in [0.2, 0.25) is 10.0 Å². The minimum Gasteiger partial charge on any atom is -0.379 e. The molecule has 150 valence electrons. The molecule has 2 aromatic rings. The van der Waals surface area contributed by atoms with Crippen LogP contribution in [0.5, 0.6) is 0 Å². The van der Waals surface area contributed by atoms with Crippen LogP contribution in [0.1, 0.15) is 10.4 Å². The monoisotopic (exact) mass is 478 g/mol. The highest BCUT2D eigenvalue weighted by Gasteiger charge is 2.28. The number of hydrogen-bond acceptors (Lipinski definition) is 4. The number of morpholine rings is 1. The van der Waals surface area contributed by atoms with E-state index < -0.39 is 44.6 Å². The van der Waals surface area contributed by atoms with Crippen LogP contribution in [0.2, 0.25) is 0 Å². The quantitative estimate of drug-likeness (QED) is 0.732. The van der Waals surface area contributed by atoms with E-state index in [0.717, 1.165) is 24.3 Å². The van der Waals surface area contributed by atoms with Crippen molar-refractivity contribution in [1.82, 2.24) is 4.31 Å². The summed E-state index contributed by atoms with van der Waals surface area (Å²) in [5.41, 5.74) is -0.989. The lowest BCUT2D eigenvalue weighted by Gasteiger charge is -2.26. The molecule has 0 bridgehead atoms. The van der Waals surface area contributed by atoms with Gasteiger partial charge in [-0.25, -0.2) is 21.6 Å². The molecule has 6 nitrogen and oxygen atoms in total. The maximum Gasteiger partial charge on any atom is 0.258 e. The maximum absolute atomic E-state index is 14.2. The molecule has 3 rings (SSSR count). The molecule has 1 saturated heterocycles. The second kappa shape index (κ2) is 8.19. The third kappa shape index (κ3) is 4.22. The highest BCUT2D eigenvalue weighted by Crippen LogP contribution is 2.28. The van der Waals surface area contributed by atoms with Gasteiger partial charge in [-0.15, -0.1) is 0 Å². The van der Waals surface area contributed by atoms with Crippen molar-refractivity contribution in [2.45, 2.75) is 4.90 Å². The lowest BCUT2D eigenvalue weighted by Crippen LogP contribution is -2.40. The highest BCUT2D eigenvalue weighted by atomic mass is 79.9. The molecule has 1 heterocycles. The molecule has 0 spiro atoms. The number of carbonyl (C=O) groups is 1. The molecule has 0 saturated carbocycles. The molecular weight excluding hydrogens is 465 g/mol. The summed E-state index contributed by atoms with van der Waals surface area (Å²) in [5, 5.41) is 2.13. The van der Waals surface area contributed by atoms with E-state index >= 15 is 0 Å². The lowest BCUT2D eigenvalue weighted by atomic mass is 10.2. The zero-order chi connectivity index (χ0) is 20.5. The van der Waals surface area contributed by atoms with Gasteiger partial charge in [-0.05, 0) is 40.2 Å². The Balaban J connectivity index is 1.92. The summed E-state index contributed by atoms with van der Waals surface area (Å²) in [6.07, 6.45) is 0. The molecule has 1 fully saturated rings. The number of benzene rings is 2. The predicted molar refractivity (Wildman–Crippen MR) is 98.0 cm³/mol. The number of ether oxygens (including phenoxy) is 1. The summed E-state index contributed by atoms with van der Waals surface area (Å²) in [6, 6.07) is 4.25. The first-order chi connectivity index (χ1) is 13.2. The molecule has 0 atom stereocenters. The lowest BCUT2D eigenvalue weighted by molar-refractivity contribution is 0.0730. The number of anilines is 1. The summed E-state index contributed by atoms with van der Waals surface area (Å²) in [5.74, 6) is -4.01. The number of nitrogens with zero attached hydrogens (tertiary/aromatic N) is 1. The Bertz CT molecular complexity index is 1000. The first kappa shape index (κ1) is 20.8. The average molecular weight is 479 g/mol. The summed E-state index contributed by atoms with van der Waals surface area (Å²) >= 11 is 2.91. The second-order valence-corrected chi connectivity index (χ2v) is 8.65. The minimum atomic E-state index is -3.96. The van der Waals surface area contributed by atoms with Gasteiger partial charge in [0.15, 0.2) is 5.82 Å². The van der Waals surface area contributed by atoms with Crippen LogP contribution in [0.3, 0.4) is 0 Å². The standard InChI is InChI=1S/C17H14BrF3N2O4S/c18-13-7-10(19)8-15(21)16(13)22-17(24)12-9-11(1-2-14(12)20)28(25,26)23-3-5-27-6-4-23/h1-2,7-9H,3-6H2,(H,22,24). The number of amides is 1. The van der Waals surface area contributed by atoms with Crippen molar-refractivity contribution in [3.8, 4) is 0 Å².